The number of halogens is 2. The lowest BCUT2D eigenvalue weighted by Crippen LogP contribution is -2.31. The topological polar surface area (TPSA) is 73.2 Å². The molecule has 0 saturated carbocycles. The molecule has 0 aliphatic carbocycles. The van der Waals surface area contributed by atoms with Crippen molar-refractivity contribution in [2.24, 2.45) is 0 Å². The highest BCUT2D eigenvalue weighted by atomic mass is 35.5. The van der Waals surface area contributed by atoms with Gasteiger partial charge in [-0.2, -0.15) is 0 Å². The van der Waals surface area contributed by atoms with Gasteiger partial charge in [0.2, 0.25) is 5.91 Å². The molecule has 2 aromatic heterocycles. The number of nitrogens with zero attached hydrogens (tertiary/aromatic N) is 2. The number of rotatable bonds is 6. The van der Waals surface area contributed by atoms with Crippen LogP contribution >= 0.6 is 34.5 Å². The number of carbonyl (C=O) groups is 1. The van der Waals surface area contributed by atoms with E-state index in [-0.39, 0.29) is 11.5 Å². The number of carbonyl (C=O) groups excluding carboxylic acids is 1. The van der Waals surface area contributed by atoms with E-state index in [4.69, 9.17) is 27.9 Å². The van der Waals surface area contributed by atoms with Crippen LogP contribution in [0.4, 0.5) is 5.69 Å². The zero-order valence-electron chi connectivity index (χ0n) is 17.3. The number of nitrogens with one attached hydrogen (secondary N) is 1. The van der Waals surface area contributed by atoms with Gasteiger partial charge in [-0.25, -0.2) is 4.98 Å². The normalized spacial score (nSPS) is 12.0. The second-order valence-corrected chi connectivity index (χ2v) is 8.80. The van der Waals surface area contributed by atoms with Gasteiger partial charge in [0.25, 0.3) is 5.56 Å². The SMILES string of the molecule is CCOc1ccc(-c2csc3ncn(C(C)C(=O)Nc4cc(Cl)cc(Cl)c4)c(=O)c23)cc1. The van der Waals surface area contributed by atoms with Crippen LogP contribution < -0.4 is 15.6 Å². The van der Waals surface area contributed by atoms with E-state index in [9.17, 15) is 9.59 Å². The van der Waals surface area contributed by atoms with Gasteiger partial charge in [0.15, 0.2) is 0 Å². The van der Waals surface area contributed by atoms with E-state index in [1.165, 1.54) is 22.2 Å². The molecule has 164 valence electrons. The van der Waals surface area contributed by atoms with Crippen LogP contribution in [0.25, 0.3) is 21.3 Å². The number of thiophene rings is 1. The second kappa shape index (κ2) is 9.32. The van der Waals surface area contributed by atoms with Crippen molar-refractivity contribution < 1.29 is 9.53 Å². The van der Waals surface area contributed by atoms with Crippen LogP contribution in [0.1, 0.15) is 19.9 Å². The minimum Gasteiger partial charge on any atom is -0.494 e. The van der Waals surface area contributed by atoms with Crippen LogP contribution in [-0.4, -0.2) is 22.1 Å². The van der Waals surface area contributed by atoms with Crippen LogP contribution in [0.15, 0.2) is 59.0 Å². The smallest absolute Gasteiger partial charge is 0.263 e. The van der Waals surface area contributed by atoms with Crippen LogP contribution in [-0.2, 0) is 4.79 Å². The van der Waals surface area contributed by atoms with Crippen molar-refractivity contribution in [3.63, 3.8) is 0 Å². The molecule has 4 rings (SSSR count). The summed E-state index contributed by atoms with van der Waals surface area (Å²) in [6.07, 6.45) is 1.40. The molecule has 1 unspecified atom stereocenters. The van der Waals surface area contributed by atoms with E-state index in [1.54, 1.807) is 25.1 Å². The summed E-state index contributed by atoms with van der Waals surface area (Å²) in [6.45, 7) is 4.14. The van der Waals surface area contributed by atoms with Gasteiger partial charge in [0.05, 0.1) is 18.3 Å². The average molecular weight is 488 g/mol. The molecular weight excluding hydrogens is 469 g/mol. The van der Waals surface area contributed by atoms with E-state index in [2.05, 4.69) is 10.3 Å². The monoisotopic (exact) mass is 487 g/mol. The van der Waals surface area contributed by atoms with Gasteiger partial charge in [0, 0.05) is 26.7 Å². The summed E-state index contributed by atoms with van der Waals surface area (Å²) >= 11 is 13.4. The third-order valence-electron chi connectivity index (χ3n) is 4.92. The second-order valence-electron chi connectivity index (χ2n) is 7.07. The summed E-state index contributed by atoms with van der Waals surface area (Å²) in [7, 11) is 0. The molecule has 4 aromatic rings. The summed E-state index contributed by atoms with van der Waals surface area (Å²) in [5.41, 5.74) is 1.81. The van der Waals surface area contributed by atoms with E-state index < -0.39 is 6.04 Å². The first-order valence-corrected chi connectivity index (χ1v) is 11.5. The van der Waals surface area contributed by atoms with E-state index >= 15 is 0 Å². The maximum absolute atomic E-state index is 13.3. The Morgan fingerprint density at radius 2 is 1.88 bits per heavy atom. The summed E-state index contributed by atoms with van der Waals surface area (Å²) in [6, 6.07) is 11.5. The minimum atomic E-state index is -0.801. The van der Waals surface area contributed by atoms with Crippen LogP contribution in [0, 0.1) is 0 Å². The Morgan fingerprint density at radius 1 is 1.19 bits per heavy atom. The number of hydrogen-bond donors (Lipinski definition) is 1. The molecule has 6 nitrogen and oxygen atoms in total. The first-order chi connectivity index (χ1) is 15.4. The van der Waals surface area contributed by atoms with Crippen molar-refractivity contribution in [1.29, 1.82) is 0 Å². The summed E-state index contributed by atoms with van der Waals surface area (Å²) in [4.78, 5) is 31.2. The fourth-order valence-corrected chi connectivity index (χ4v) is 4.76. The average Bonchev–Trinajstić information content (AvgIpc) is 3.19. The molecule has 1 atom stereocenters. The lowest BCUT2D eigenvalue weighted by Gasteiger charge is -2.15. The molecule has 9 heteroatoms. The third-order valence-corrected chi connectivity index (χ3v) is 6.25. The number of fused-ring (bicyclic) bond motifs is 1. The van der Waals surface area contributed by atoms with Crippen molar-refractivity contribution in [3.8, 4) is 16.9 Å². The van der Waals surface area contributed by atoms with Gasteiger partial charge in [-0.15, -0.1) is 11.3 Å². The fourth-order valence-electron chi connectivity index (χ4n) is 3.33. The lowest BCUT2D eigenvalue weighted by atomic mass is 10.1. The zero-order chi connectivity index (χ0) is 22.8. The Hall–Kier alpha value is -2.87. The Bertz CT molecular complexity index is 1330. The maximum Gasteiger partial charge on any atom is 0.263 e. The van der Waals surface area contributed by atoms with Gasteiger partial charge < -0.3 is 10.1 Å². The molecule has 0 saturated heterocycles. The Balaban J connectivity index is 1.67. The van der Waals surface area contributed by atoms with Crippen molar-refractivity contribution in [2.45, 2.75) is 19.9 Å². The molecule has 2 aromatic carbocycles. The van der Waals surface area contributed by atoms with Crippen molar-refractivity contribution >= 4 is 56.3 Å². The number of anilines is 1. The van der Waals surface area contributed by atoms with E-state index in [0.29, 0.717) is 32.6 Å². The number of benzene rings is 2. The van der Waals surface area contributed by atoms with Gasteiger partial charge in [0.1, 0.15) is 16.6 Å². The molecule has 0 bridgehead atoms. The minimum absolute atomic E-state index is 0.285. The summed E-state index contributed by atoms with van der Waals surface area (Å²) < 4.78 is 6.82. The first kappa shape index (κ1) is 22.3. The predicted molar refractivity (Wildman–Crippen MR) is 130 cm³/mol. The maximum atomic E-state index is 13.3. The predicted octanol–water partition coefficient (Wildman–Crippen LogP) is 6.03. The highest BCUT2D eigenvalue weighted by molar-refractivity contribution is 7.17. The van der Waals surface area contributed by atoms with E-state index in [1.807, 2.05) is 36.6 Å². The Morgan fingerprint density at radius 3 is 2.53 bits per heavy atom. The molecule has 0 aliphatic heterocycles. The molecule has 0 fully saturated rings. The highest BCUT2D eigenvalue weighted by Crippen LogP contribution is 2.32. The van der Waals surface area contributed by atoms with Crippen molar-refractivity contribution in [1.82, 2.24) is 9.55 Å². The first-order valence-electron chi connectivity index (χ1n) is 9.86. The molecule has 0 aliphatic rings. The van der Waals surface area contributed by atoms with Gasteiger partial charge in [-0.1, -0.05) is 35.3 Å². The number of aromatic nitrogens is 2. The number of hydrogen-bond acceptors (Lipinski definition) is 5. The molecule has 1 N–H and O–H groups in total. The number of amides is 1. The third kappa shape index (κ3) is 4.50. The van der Waals surface area contributed by atoms with Gasteiger partial charge >= 0.3 is 0 Å². The zero-order valence-corrected chi connectivity index (χ0v) is 19.6. The van der Waals surface area contributed by atoms with Crippen LogP contribution in [0.2, 0.25) is 10.0 Å². The van der Waals surface area contributed by atoms with Gasteiger partial charge in [-0.3, -0.25) is 14.2 Å². The summed E-state index contributed by atoms with van der Waals surface area (Å²) in [5, 5.41) is 5.93. The number of ether oxygens (including phenoxy) is 1. The molecular formula is C23H19Cl2N3O3S. The lowest BCUT2D eigenvalue weighted by molar-refractivity contribution is -0.118. The molecule has 1 amide bonds. The van der Waals surface area contributed by atoms with E-state index in [0.717, 1.165) is 16.9 Å². The molecule has 0 spiro atoms. The fraction of sp³-hybridized carbons (Fsp3) is 0.174. The summed E-state index contributed by atoms with van der Waals surface area (Å²) in [5.74, 6) is 0.377. The molecule has 32 heavy (non-hydrogen) atoms. The molecule has 0 radical (unpaired) electrons. The highest BCUT2D eigenvalue weighted by Gasteiger charge is 2.20. The Labute approximate surface area is 198 Å². The van der Waals surface area contributed by atoms with Crippen molar-refractivity contribution in [2.75, 3.05) is 11.9 Å². The van der Waals surface area contributed by atoms with Gasteiger partial charge in [-0.05, 0) is 49.7 Å². The quantitative estimate of drug-likeness (QED) is 0.360. The standard InChI is InChI=1S/C23H19Cl2N3O3S/c1-3-31-18-6-4-14(5-7-18)19-11-32-22-20(19)23(30)28(12-26-22)13(2)21(29)27-17-9-15(24)8-16(25)10-17/h4-13H,3H2,1-2H3,(H,27,29). The molecule has 2 heterocycles. The van der Waals surface area contributed by atoms with Crippen LogP contribution in [0.5, 0.6) is 5.75 Å². The Kier molecular flexibility index (Phi) is 6.50. The largest absolute Gasteiger partial charge is 0.494 e. The van der Waals surface area contributed by atoms with Crippen LogP contribution in [0.3, 0.4) is 0 Å². The van der Waals surface area contributed by atoms with Crippen molar-refractivity contribution in [3.05, 3.63) is 74.6 Å².